The highest BCUT2D eigenvalue weighted by atomic mass is 79.9. The van der Waals surface area contributed by atoms with Crippen LogP contribution in [0.25, 0.3) is 10.9 Å². The lowest BCUT2D eigenvalue weighted by Gasteiger charge is -1.99. The van der Waals surface area contributed by atoms with E-state index in [1.165, 1.54) is 12.3 Å². The number of hydrogen-bond donors (Lipinski definition) is 0. The van der Waals surface area contributed by atoms with Crippen molar-refractivity contribution in [3.05, 3.63) is 33.9 Å². The van der Waals surface area contributed by atoms with Crippen molar-refractivity contribution in [2.24, 2.45) is 0 Å². The van der Waals surface area contributed by atoms with Crippen LogP contribution in [0.2, 0.25) is 5.28 Å². The van der Waals surface area contributed by atoms with Crippen LogP contribution in [0.3, 0.4) is 0 Å². The second kappa shape index (κ2) is 3.20. The van der Waals surface area contributed by atoms with Gasteiger partial charge in [0.25, 0.3) is 0 Å². The third kappa shape index (κ3) is 1.64. The number of hydrogen-bond acceptors (Lipinski definition) is 2. The fraction of sp³-hybridized carbons (Fsp3) is 0. The molecule has 0 atom stereocenters. The van der Waals surface area contributed by atoms with Gasteiger partial charge in [-0.1, -0.05) is 15.9 Å². The molecule has 0 spiro atoms. The van der Waals surface area contributed by atoms with E-state index in [9.17, 15) is 4.39 Å². The smallest absolute Gasteiger partial charge is 0.222 e. The van der Waals surface area contributed by atoms with E-state index >= 15 is 0 Å². The Balaban J connectivity index is 2.86. The van der Waals surface area contributed by atoms with Gasteiger partial charge in [-0.2, -0.15) is 0 Å². The topological polar surface area (TPSA) is 25.8 Å². The van der Waals surface area contributed by atoms with Crippen LogP contribution in [0.1, 0.15) is 0 Å². The van der Waals surface area contributed by atoms with Crippen LogP contribution >= 0.6 is 27.5 Å². The molecule has 0 fully saturated rings. The minimum atomic E-state index is -0.360. The Morgan fingerprint density at radius 2 is 2.15 bits per heavy atom. The van der Waals surface area contributed by atoms with E-state index < -0.39 is 0 Å². The highest BCUT2D eigenvalue weighted by Gasteiger charge is 2.04. The summed E-state index contributed by atoms with van der Waals surface area (Å²) in [4.78, 5) is 7.58. The van der Waals surface area contributed by atoms with E-state index in [0.29, 0.717) is 15.4 Å². The van der Waals surface area contributed by atoms with Crippen molar-refractivity contribution in [1.29, 1.82) is 0 Å². The zero-order chi connectivity index (χ0) is 9.42. The lowest BCUT2D eigenvalue weighted by Crippen LogP contribution is -1.87. The van der Waals surface area contributed by atoms with Crippen LogP contribution in [0, 0.1) is 5.82 Å². The Morgan fingerprint density at radius 1 is 1.38 bits per heavy atom. The summed E-state index contributed by atoms with van der Waals surface area (Å²) in [5, 5.41) is 0.484. The van der Waals surface area contributed by atoms with Crippen LogP contribution < -0.4 is 0 Å². The van der Waals surface area contributed by atoms with Crippen molar-refractivity contribution in [2.75, 3.05) is 0 Å². The molecule has 0 saturated heterocycles. The predicted octanol–water partition coefficient (Wildman–Crippen LogP) is 3.18. The molecule has 1 aromatic carbocycles. The molecule has 0 bridgehead atoms. The molecule has 1 aromatic heterocycles. The number of fused-ring (bicyclic) bond motifs is 1. The average molecular weight is 261 g/mol. The van der Waals surface area contributed by atoms with E-state index in [4.69, 9.17) is 11.6 Å². The normalized spacial score (nSPS) is 10.7. The number of aromatic nitrogens is 2. The highest BCUT2D eigenvalue weighted by molar-refractivity contribution is 9.10. The summed E-state index contributed by atoms with van der Waals surface area (Å²) in [6, 6.07) is 3.05. The van der Waals surface area contributed by atoms with E-state index in [1.54, 1.807) is 6.07 Å². The van der Waals surface area contributed by atoms with Crippen molar-refractivity contribution >= 4 is 38.4 Å². The first-order valence-electron chi connectivity index (χ1n) is 3.44. The molecule has 5 heteroatoms. The van der Waals surface area contributed by atoms with Crippen LogP contribution in [-0.4, -0.2) is 9.97 Å². The number of halogens is 3. The number of nitrogens with zero attached hydrogens (tertiary/aromatic N) is 2. The van der Waals surface area contributed by atoms with Crippen molar-refractivity contribution in [3.63, 3.8) is 0 Å². The van der Waals surface area contributed by atoms with Crippen molar-refractivity contribution < 1.29 is 4.39 Å². The molecular formula is C8H3BrClFN2. The Morgan fingerprint density at radius 3 is 2.92 bits per heavy atom. The van der Waals surface area contributed by atoms with Gasteiger partial charge in [0.2, 0.25) is 5.28 Å². The van der Waals surface area contributed by atoms with Crippen LogP contribution in [0.5, 0.6) is 0 Å². The Kier molecular flexibility index (Phi) is 2.17. The molecule has 0 aliphatic heterocycles. The molecule has 0 unspecified atom stereocenters. The first-order valence-corrected chi connectivity index (χ1v) is 4.61. The van der Waals surface area contributed by atoms with E-state index in [2.05, 4.69) is 25.9 Å². The number of rotatable bonds is 0. The van der Waals surface area contributed by atoms with Crippen molar-refractivity contribution in [1.82, 2.24) is 9.97 Å². The maximum Gasteiger partial charge on any atom is 0.222 e. The van der Waals surface area contributed by atoms with E-state index in [1.807, 2.05) is 0 Å². The lowest BCUT2D eigenvalue weighted by molar-refractivity contribution is 0.638. The van der Waals surface area contributed by atoms with Gasteiger partial charge in [-0.05, 0) is 23.7 Å². The Labute approximate surface area is 86.9 Å². The zero-order valence-electron chi connectivity index (χ0n) is 6.26. The standard InChI is InChI=1S/C8H3BrClFN2/c9-4-1-6(11)5-3-12-8(10)13-7(5)2-4/h1-3H. The Bertz CT molecular complexity index is 470. The molecule has 0 saturated carbocycles. The molecule has 2 rings (SSSR count). The second-order valence-electron chi connectivity index (χ2n) is 2.46. The summed E-state index contributed by atoms with van der Waals surface area (Å²) in [6.45, 7) is 0. The number of benzene rings is 1. The van der Waals surface area contributed by atoms with E-state index in [0.717, 1.165) is 0 Å². The van der Waals surface area contributed by atoms with Gasteiger partial charge in [-0.25, -0.2) is 14.4 Å². The van der Waals surface area contributed by atoms with Gasteiger partial charge in [0, 0.05) is 10.7 Å². The molecule has 0 aliphatic carbocycles. The van der Waals surface area contributed by atoms with Gasteiger partial charge in [0.15, 0.2) is 0 Å². The summed E-state index contributed by atoms with van der Waals surface area (Å²) in [5.41, 5.74) is 0.492. The fourth-order valence-electron chi connectivity index (χ4n) is 1.04. The quantitative estimate of drug-likeness (QED) is 0.681. The molecule has 2 nitrogen and oxygen atoms in total. The Hall–Kier alpha value is -0.740. The maximum absolute atomic E-state index is 13.2. The predicted molar refractivity (Wildman–Crippen MR) is 52.2 cm³/mol. The van der Waals surface area contributed by atoms with Gasteiger partial charge in [-0.15, -0.1) is 0 Å². The second-order valence-corrected chi connectivity index (χ2v) is 3.71. The lowest BCUT2D eigenvalue weighted by atomic mass is 10.2. The molecular weight excluding hydrogens is 258 g/mol. The summed E-state index contributed by atoms with van der Waals surface area (Å²) in [7, 11) is 0. The molecule has 0 aliphatic rings. The van der Waals surface area contributed by atoms with Gasteiger partial charge in [0.1, 0.15) is 5.82 Å². The van der Waals surface area contributed by atoms with Crippen molar-refractivity contribution in [3.8, 4) is 0 Å². The average Bonchev–Trinajstić information content (AvgIpc) is 2.02. The summed E-state index contributed by atoms with van der Waals surface area (Å²) in [5.74, 6) is -0.360. The molecule has 0 amide bonds. The fourth-order valence-corrected chi connectivity index (χ4v) is 1.60. The summed E-state index contributed by atoms with van der Waals surface area (Å²) >= 11 is 8.73. The van der Waals surface area contributed by atoms with Gasteiger partial charge in [-0.3, -0.25) is 0 Å². The third-order valence-electron chi connectivity index (χ3n) is 1.59. The molecule has 13 heavy (non-hydrogen) atoms. The van der Waals surface area contributed by atoms with E-state index in [-0.39, 0.29) is 11.1 Å². The highest BCUT2D eigenvalue weighted by Crippen LogP contribution is 2.21. The minimum Gasteiger partial charge on any atom is -0.226 e. The first kappa shape index (κ1) is 8.84. The van der Waals surface area contributed by atoms with Crippen LogP contribution in [0.15, 0.2) is 22.8 Å². The van der Waals surface area contributed by atoms with Gasteiger partial charge >= 0.3 is 0 Å². The molecule has 66 valence electrons. The van der Waals surface area contributed by atoms with Crippen LogP contribution in [0.4, 0.5) is 4.39 Å². The van der Waals surface area contributed by atoms with Gasteiger partial charge in [0.05, 0.1) is 10.9 Å². The molecule has 0 N–H and O–H groups in total. The van der Waals surface area contributed by atoms with Crippen molar-refractivity contribution in [2.45, 2.75) is 0 Å². The zero-order valence-corrected chi connectivity index (χ0v) is 8.60. The largest absolute Gasteiger partial charge is 0.226 e. The molecule has 2 aromatic rings. The third-order valence-corrected chi connectivity index (χ3v) is 2.23. The first-order chi connectivity index (χ1) is 6.16. The molecule has 1 heterocycles. The SMILES string of the molecule is Fc1cc(Br)cc2nc(Cl)ncc12. The molecule has 0 radical (unpaired) electrons. The minimum absolute atomic E-state index is 0.116. The van der Waals surface area contributed by atoms with Gasteiger partial charge < -0.3 is 0 Å². The van der Waals surface area contributed by atoms with Crippen LogP contribution in [-0.2, 0) is 0 Å². The maximum atomic E-state index is 13.2. The summed E-state index contributed by atoms with van der Waals surface area (Å²) in [6.07, 6.45) is 1.37. The monoisotopic (exact) mass is 260 g/mol. The summed E-state index contributed by atoms with van der Waals surface area (Å²) < 4.78 is 13.9.